The largest absolute Gasteiger partial charge is 0.491 e. The summed E-state index contributed by atoms with van der Waals surface area (Å²) in [6.45, 7) is 9.46. The summed E-state index contributed by atoms with van der Waals surface area (Å²) in [6.07, 6.45) is 4.81. The Balaban J connectivity index is 2.05. The molecule has 0 N–H and O–H groups in total. The van der Waals surface area contributed by atoms with Crippen molar-refractivity contribution in [1.29, 1.82) is 0 Å². The van der Waals surface area contributed by atoms with Crippen LogP contribution in [0, 0.1) is 0 Å². The van der Waals surface area contributed by atoms with Gasteiger partial charge in [0.05, 0.1) is 5.56 Å². The quantitative estimate of drug-likeness (QED) is 0.458. The van der Waals surface area contributed by atoms with Crippen LogP contribution in [0.1, 0.15) is 62.4 Å². The van der Waals surface area contributed by atoms with E-state index < -0.39 is 0 Å². The molecule has 0 heterocycles. The minimum Gasteiger partial charge on any atom is -0.491 e. The molecule has 2 aromatic carbocycles. The highest BCUT2D eigenvalue weighted by molar-refractivity contribution is 6.10. The first-order valence-electron chi connectivity index (χ1n) is 10.2. The van der Waals surface area contributed by atoms with Gasteiger partial charge in [-0.15, -0.1) is 0 Å². The molecule has 0 aliphatic heterocycles. The zero-order valence-corrected chi connectivity index (χ0v) is 17.0. The summed E-state index contributed by atoms with van der Waals surface area (Å²) in [7, 11) is 0. The number of nitrogens with zero attached hydrogens (tertiary/aromatic N) is 1. The van der Waals surface area contributed by atoms with Crippen molar-refractivity contribution in [2.24, 2.45) is 0 Å². The van der Waals surface area contributed by atoms with Crippen LogP contribution in [0.2, 0.25) is 0 Å². The number of ketones is 1. The highest BCUT2D eigenvalue weighted by Crippen LogP contribution is 2.22. The molecule has 0 aliphatic rings. The number of carbonyl (C=O) groups is 1. The van der Waals surface area contributed by atoms with Crippen molar-refractivity contribution in [3.63, 3.8) is 0 Å². The minimum atomic E-state index is 0.00711. The Kier molecular flexibility index (Phi) is 9.06. The van der Waals surface area contributed by atoms with Gasteiger partial charge in [0.15, 0.2) is 5.78 Å². The molecular weight excluding hydrogens is 334 g/mol. The summed E-state index contributed by atoms with van der Waals surface area (Å²) < 4.78 is 6.12. The van der Waals surface area contributed by atoms with Gasteiger partial charge in [0.2, 0.25) is 0 Å². The summed E-state index contributed by atoms with van der Waals surface area (Å²) in [5.41, 5.74) is 1.32. The van der Waals surface area contributed by atoms with Crippen LogP contribution in [-0.2, 0) is 0 Å². The molecule has 1 atom stereocenters. The lowest BCUT2D eigenvalue weighted by atomic mass is 10.0. The van der Waals surface area contributed by atoms with Crippen LogP contribution >= 0.6 is 0 Å². The molecule has 0 saturated carbocycles. The molecule has 1 unspecified atom stereocenters. The van der Waals surface area contributed by atoms with Gasteiger partial charge in [-0.05, 0) is 45.0 Å². The number of benzene rings is 2. The Morgan fingerprint density at radius 3 is 2.15 bits per heavy atom. The molecule has 27 heavy (non-hydrogen) atoms. The third-order valence-corrected chi connectivity index (χ3v) is 4.87. The van der Waals surface area contributed by atoms with E-state index in [1.807, 2.05) is 54.6 Å². The fraction of sp³-hybridized carbons (Fsp3) is 0.458. The third kappa shape index (κ3) is 6.51. The normalized spacial score (nSPS) is 12.1. The second-order valence-corrected chi connectivity index (χ2v) is 7.09. The number of hydrogen-bond donors (Lipinski definition) is 0. The first-order chi connectivity index (χ1) is 13.2. The molecule has 0 radical (unpaired) electrons. The van der Waals surface area contributed by atoms with Crippen molar-refractivity contribution in [1.82, 2.24) is 4.90 Å². The van der Waals surface area contributed by atoms with Gasteiger partial charge in [-0.2, -0.15) is 0 Å². The Hall–Kier alpha value is -2.13. The van der Waals surface area contributed by atoms with Crippen LogP contribution in [0.3, 0.4) is 0 Å². The molecule has 0 fully saturated rings. The average molecular weight is 368 g/mol. The number of hydrogen-bond acceptors (Lipinski definition) is 3. The standard InChI is InChI=1S/C24H33NO2/c1-4-6-17-25(18-7-5-2)20(3)19-27-23-16-12-11-15-22(23)24(26)21-13-9-8-10-14-21/h8-16,20H,4-7,17-19H2,1-3H3. The van der Waals surface area contributed by atoms with Crippen molar-refractivity contribution in [2.45, 2.75) is 52.5 Å². The molecule has 0 aromatic heterocycles. The summed E-state index contributed by atoms with van der Waals surface area (Å²) in [5.74, 6) is 0.678. The lowest BCUT2D eigenvalue weighted by molar-refractivity contribution is 0.102. The van der Waals surface area contributed by atoms with E-state index in [1.165, 1.54) is 25.7 Å². The summed E-state index contributed by atoms with van der Waals surface area (Å²) in [4.78, 5) is 15.3. The predicted molar refractivity (Wildman–Crippen MR) is 113 cm³/mol. The maximum atomic E-state index is 12.8. The lowest BCUT2D eigenvalue weighted by Gasteiger charge is -2.29. The zero-order valence-electron chi connectivity index (χ0n) is 17.0. The van der Waals surface area contributed by atoms with Gasteiger partial charge in [-0.25, -0.2) is 0 Å². The second-order valence-electron chi connectivity index (χ2n) is 7.09. The van der Waals surface area contributed by atoms with Crippen molar-refractivity contribution in [2.75, 3.05) is 19.7 Å². The van der Waals surface area contributed by atoms with Crippen LogP contribution in [0.15, 0.2) is 54.6 Å². The van der Waals surface area contributed by atoms with Crippen LogP contribution in [0.4, 0.5) is 0 Å². The third-order valence-electron chi connectivity index (χ3n) is 4.87. The molecule has 2 rings (SSSR count). The fourth-order valence-electron chi connectivity index (χ4n) is 3.12. The van der Waals surface area contributed by atoms with Crippen molar-refractivity contribution in [3.8, 4) is 5.75 Å². The average Bonchev–Trinajstić information content (AvgIpc) is 2.72. The molecule has 2 aromatic rings. The molecule has 0 aliphatic carbocycles. The molecular formula is C24H33NO2. The fourth-order valence-corrected chi connectivity index (χ4v) is 3.12. The number of carbonyl (C=O) groups excluding carboxylic acids is 1. The Bertz CT molecular complexity index is 676. The van der Waals surface area contributed by atoms with Gasteiger partial charge in [0, 0.05) is 11.6 Å². The predicted octanol–water partition coefficient (Wildman–Crippen LogP) is 5.59. The van der Waals surface area contributed by atoms with Crippen molar-refractivity contribution < 1.29 is 9.53 Å². The van der Waals surface area contributed by atoms with E-state index >= 15 is 0 Å². The van der Waals surface area contributed by atoms with Gasteiger partial charge < -0.3 is 4.74 Å². The van der Waals surface area contributed by atoms with E-state index in [4.69, 9.17) is 4.74 Å². The summed E-state index contributed by atoms with van der Waals surface area (Å²) in [5, 5.41) is 0. The van der Waals surface area contributed by atoms with Gasteiger partial charge in [-0.3, -0.25) is 9.69 Å². The van der Waals surface area contributed by atoms with Gasteiger partial charge in [-0.1, -0.05) is 69.2 Å². The van der Waals surface area contributed by atoms with Crippen molar-refractivity contribution >= 4 is 5.78 Å². The van der Waals surface area contributed by atoms with Crippen LogP contribution in [-0.4, -0.2) is 36.4 Å². The molecule has 3 nitrogen and oxygen atoms in total. The number of para-hydroxylation sites is 1. The van der Waals surface area contributed by atoms with E-state index in [-0.39, 0.29) is 5.78 Å². The summed E-state index contributed by atoms with van der Waals surface area (Å²) in [6, 6.07) is 17.3. The smallest absolute Gasteiger partial charge is 0.196 e. The van der Waals surface area contributed by atoms with E-state index in [9.17, 15) is 4.79 Å². The van der Waals surface area contributed by atoms with E-state index in [1.54, 1.807) is 0 Å². The Morgan fingerprint density at radius 1 is 0.926 bits per heavy atom. The van der Waals surface area contributed by atoms with Crippen LogP contribution in [0.5, 0.6) is 5.75 Å². The zero-order chi connectivity index (χ0) is 19.5. The van der Waals surface area contributed by atoms with E-state index in [2.05, 4.69) is 25.7 Å². The van der Waals surface area contributed by atoms with E-state index in [0.717, 1.165) is 13.1 Å². The van der Waals surface area contributed by atoms with Crippen LogP contribution < -0.4 is 4.74 Å². The minimum absolute atomic E-state index is 0.00711. The highest BCUT2D eigenvalue weighted by Gasteiger charge is 2.17. The number of unbranched alkanes of at least 4 members (excludes halogenated alkanes) is 2. The van der Waals surface area contributed by atoms with Gasteiger partial charge >= 0.3 is 0 Å². The Morgan fingerprint density at radius 2 is 1.52 bits per heavy atom. The molecule has 0 bridgehead atoms. The molecule has 0 saturated heterocycles. The van der Waals surface area contributed by atoms with Gasteiger partial charge in [0.1, 0.15) is 12.4 Å². The monoisotopic (exact) mass is 367 g/mol. The Labute approximate surface area is 164 Å². The van der Waals surface area contributed by atoms with E-state index in [0.29, 0.717) is 29.5 Å². The topological polar surface area (TPSA) is 29.5 Å². The molecule has 3 heteroatoms. The molecule has 0 spiro atoms. The SMILES string of the molecule is CCCCN(CCCC)C(C)COc1ccccc1C(=O)c1ccccc1. The molecule has 146 valence electrons. The first kappa shape index (κ1) is 21.2. The molecule has 0 amide bonds. The van der Waals surface area contributed by atoms with Crippen molar-refractivity contribution in [3.05, 3.63) is 65.7 Å². The highest BCUT2D eigenvalue weighted by atomic mass is 16.5. The summed E-state index contributed by atoms with van der Waals surface area (Å²) >= 11 is 0. The van der Waals surface area contributed by atoms with Gasteiger partial charge in [0.25, 0.3) is 0 Å². The second kappa shape index (κ2) is 11.6. The van der Waals surface area contributed by atoms with Crippen LogP contribution in [0.25, 0.3) is 0 Å². The maximum absolute atomic E-state index is 12.8. The number of rotatable bonds is 12. The maximum Gasteiger partial charge on any atom is 0.196 e. The lowest BCUT2D eigenvalue weighted by Crippen LogP contribution is -2.38. The first-order valence-corrected chi connectivity index (χ1v) is 10.2. The number of ether oxygens (including phenoxy) is 1.